The molecule has 0 aliphatic heterocycles. The molecule has 1 aliphatic carbocycles. The molecule has 1 N–H and O–H groups in total. The van der Waals surface area contributed by atoms with Crippen molar-refractivity contribution >= 4 is 39.8 Å². The SMILES string of the molecule is CNc1c2c(nc3c(Cl)cc(Cl)cc13)CCCCC2. The van der Waals surface area contributed by atoms with Crippen LogP contribution < -0.4 is 5.32 Å². The van der Waals surface area contributed by atoms with Crippen molar-refractivity contribution in [1.29, 1.82) is 0 Å². The Morgan fingerprint density at radius 2 is 1.89 bits per heavy atom. The second kappa shape index (κ2) is 5.18. The van der Waals surface area contributed by atoms with Gasteiger partial charge in [0.05, 0.1) is 10.5 Å². The Hall–Kier alpha value is -0.990. The number of aryl methyl sites for hydroxylation is 1. The molecule has 0 saturated carbocycles. The maximum absolute atomic E-state index is 6.30. The third-order valence-electron chi connectivity index (χ3n) is 3.78. The van der Waals surface area contributed by atoms with E-state index >= 15 is 0 Å². The number of rotatable bonds is 1. The van der Waals surface area contributed by atoms with Crippen LogP contribution in [0.25, 0.3) is 10.9 Å². The highest BCUT2D eigenvalue weighted by atomic mass is 35.5. The molecule has 2 nitrogen and oxygen atoms in total. The lowest BCUT2D eigenvalue weighted by molar-refractivity contribution is 0.709. The van der Waals surface area contributed by atoms with E-state index < -0.39 is 0 Å². The molecule has 0 fully saturated rings. The molecule has 100 valence electrons. The molecule has 2 aromatic rings. The second-order valence-electron chi connectivity index (χ2n) is 5.01. The molecule has 1 aliphatic rings. The van der Waals surface area contributed by atoms with Crippen molar-refractivity contribution in [3.05, 3.63) is 33.4 Å². The third kappa shape index (κ3) is 2.28. The number of halogens is 2. The molecular weight excluding hydrogens is 279 g/mol. The van der Waals surface area contributed by atoms with Gasteiger partial charge in [0.2, 0.25) is 0 Å². The van der Waals surface area contributed by atoms with E-state index in [1.165, 1.54) is 30.5 Å². The molecule has 0 spiro atoms. The lowest BCUT2D eigenvalue weighted by Crippen LogP contribution is -2.03. The summed E-state index contributed by atoms with van der Waals surface area (Å²) in [5, 5.41) is 5.64. The van der Waals surface area contributed by atoms with Gasteiger partial charge in [-0.3, -0.25) is 4.98 Å². The van der Waals surface area contributed by atoms with E-state index in [9.17, 15) is 0 Å². The van der Waals surface area contributed by atoms with Gasteiger partial charge in [0.15, 0.2) is 0 Å². The highest BCUT2D eigenvalue weighted by Crippen LogP contribution is 2.36. The fourth-order valence-electron chi connectivity index (χ4n) is 2.91. The number of nitrogens with zero attached hydrogens (tertiary/aromatic N) is 1. The molecular formula is C15H16Cl2N2. The van der Waals surface area contributed by atoms with Crippen LogP contribution in [-0.2, 0) is 12.8 Å². The quantitative estimate of drug-likeness (QED) is 0.760. The van der Waals surface area contributed by atoms with E-state index in [1.54, 1.807) is 6.07 Å². The van der Waals surface area contributed by atoms with E-state index in [4.69, 9.17) is 28.2 Å². The van der Waals surface area contributed by atoms with Crippen LogP contribution in [-0.4, -0.2) is 12.0 Å². The van der Waals surface area contributed by atoms with Crippen LogP contribution in [0.1, 0.15) is 30.5 Å². The molecule has 1 aromatic heterocycles. The number of fused-ring (bicyclic) bond motifs is 2. The van der Waals surface area contributed by atoms with Crippen molar-refractivity contribution in [2.75, 3.05) is 12.4 Å². The van der Waals surface area contributed by atoms with Crippen molar-refractivity contribution in [3.63, 3.8) is 0 Å². The first-order valence-electron chi connectivity index (χ1n) is 6.69. The number of aromatic nitrogens is 1. The smallest absolute Gasteiger partial charge is 0.0913 e. The molecule has 4 heteroatoms. The number of benzene rings is 1. The minimum atomic E-state index is 0.631. The van der Waals surface area contributed by atoms with Crippen molar-refractivity contribution in [1.82, 2.24) is 4.98 Å². The van der Waals surface area contributed by atoms with Crippen LogP contribution in [0.2, 0.25) is 10.0 Å². The summed E-state index contributed by atoms with van der Waals surface area (Å²) in [5.74, 6) is 0. The maximum atomic E-state index is 6.30. The second-order valence-corrected chi connectivity index (χ2v) is 5.85. The monoisotopic (exact) mass is 294 g/mol. The van der Waals surface area contributed by atoms with Gasteiger partial charge in [-0.05, 0) is 43.4 Å². The number of hydrogen-bond acceptors (Lipinski definition) is 2. The number of hydrogen-bond donors (Lipinski definition) is 1. The first kappa shape index (κ1) is 13.0. The van der Waals surface area contributed by atoms with Gasteiger partial charge in [0.25, 0.3) is 0 Å². The Morgan fingerprint density at radius 1 is 1.11 bits per heavy atom. The lowest BCUT2D eigenvalue weighted by Gasteiger charge is -2.16. The van der Waals surface area contributed by atoms with Crippen LogP contribution in [0.15, 0.2) is 12.1 Å². The molecule has 0 atom stereocenters. The number of pyridine rings is 1. The van der Waals surface area contributed by atoms with Crippen LogP contribution in [0.5, 0.6) is 0 Å². The van der Waals surface area contributed by atoms with Crippen molar-refractivity contribution in [2.24, 2.45) is 0 Å². The van der Waals surface area contributed by atoms with Gasteiger partial charge in [0.1, 0.15) is 0 Å². The van der Waals surface area contributed by atoms with Crippen LogP contribution in [0.4, 0.5) is 5.69 Å². The van der Waals surface area contributed by atoms with Gasteiger partial charge in [-0.15, -0.1) is 0 Å². The van der Waals surface area contributed by atoms with Crippen molar-refractivity contribution < 1.29 is 0 Å². The van der Waals surface area contributed by atoms with E-state index in [1.807, 2.05) is 13.1 Å². The summed E-state index contributed by atoms with van der Waals surface area (Å²) in [6, 6.07) is 3.72. The predicted octanol–water partition coefficient (Wildman–Crippen LogP) is 4.85. The minimum absolute atomic E-state index is 0.631. The normalized spacial score (nSPS) is 15.1. The maximum Gasteiger partial charge on any atom is 0.0913 e. The molecule has 1 heterocycles. The standard InChI is InChI=1S/C15H16Cl2N2/c1-18-14-10-5-3-2-4-6-13(10)19-15-11(14)7-9(16)8-12(15)17/h7-8H,2-6H2,1H3,(H,18,19). The minimum Gasteiger partial charge on any atom is -0.387 e. The molecule has 19 heavy (non-hydrogen) atoms. The summed E-state index contributed by atoms with van der Waals surface area (Å²) in [6.45, 7) is 0. The van der Waals surface area contributed by atoms with Crippen LogP contribution in [0.3, 0.4) is 0 Å². The zero-order chi connectivity index (χ0) is 13.4. The average molecular weight is 295 g/mol. The Balaban J connectivity index is 2.36. The largest absolute Gasteiger partial charge is 0.387 e. The molecule has 0 amide bonds. The van der Waals surface area contributed by atoms with Gasteiger partial charge in [-0.25, -0.2) is 0 Å². The molecule has 0 unspecified atom stereocenters. The highest BCUT2D eigenvalue weighted by Gasteiger charge is 2.18. The summed E-state index contributed by atoms with van der Waals surface area (Å²) in [7, 11) is 1.95. The number of anilines is 1. The molecule has 0 bridgehead atoms. The van der Waals surface area contributed by atoms with Crippen LogP contribution >= 0.6 is 23.2 Å². The molecule has 3 rings (SSSR count). The van der Waals surface area contributed by atoms with Gasteiger partial charge < -0.3 is 5.32 Å². The lowest BCUT2D eigenvalue weighted by atomic mass is 10.0. The summed E-state index contributed by atoms with van der Waals surface area (Å²) in [6.07, 6.45) is 5.82. The third-order valence-corrected chi connectivity index (χ3v) is 4.29. The van der Waals surface area contributed by atoms with Gasteiger partial charge in [-0.1, -0.05) is 29.6 Å². The fourth-order valence-corrected chi connectivity index (χ4v) is 3.45. The zero-order valence-corrected chi connectivity index (χ0v) is 12.4. The topological polar surface area (TPSA) is 24.9 Å². The number of nitrogens with one attached hydrogen (secondary N) is 1. The first-order valence-corrected chi connectivity index (χ1v) is 7.44. The van der Waals surface area contributed by atoms with E-state index in [2.05, 4.69) is 5.32 Å². The average Bonchev–Trinajstić information content (AvgIpc) is 2.61. The van der Waals surface area contributed by atoms with Crippen molar-refractivity contribution in [2.45, 2.75) is 32.1 Å². The summed E-state index contributed by atoms with van der Waals surface area (Å²) < 4.78 is 0. The Morgan fingerprint density at radius 3 is 2.68 bits per heavy atom. The Bertz CT molecular complexity index is 638. The summed E-state index contributed by atoms with van der Waals surface area (Å²) >= 11 is 12.4. The summed E-state index contributed by atoms with van der Waals surface area (Å²) in [4.78, 5) is 4.79. The molecule has 0 radical (unpaired) electrons. The van der Waals surface area contributed by atoms with E-state index in [0.717, 1.165) is 29.4 Å². The van der Waals surface area contributed by atoms with E-state index in [-0.39, 0.29) is 0 Å². The Kier molecular flexibility index (Phi) is 3.55. The van der Waals surface area contributed by atoms with E-state index in [0.29, 0.717) is 10.0 Å². The molecule has 1 aromatic carbocycles. The van der Waals surface area contributed by atoms with Crippen LogP contribution in [0, 0.1) is 0 Å². The Labute approximate surface area is 123 Å². The molecule has 0 saturated heterocycles. The van der Waals surface area contributed by atoms with Gasteiger partial charge in [0, 0.05) is 28.8 Å². The summed E-state index contributed by atoms with van der Waals surface area (Å²) in [5.41, 5.74) is 4.53. The predicted molar refractivity (Wildman–Crippen MR) is 82.6 cm³/mol. The first-order chi connectivity index (χ1) is 9.20. The van der Waals surface area contributed by atoms with Gasteiger partial charge >= 0.3 is 0 Å². The highest BCUT2D eigenvalue weighted by molar-refractivity contribution is 6.38. The van der Waals surface area contributed by atoms with Gasteiger partial charge in [-0.2, -0.15) is 0 Å². The van der Waals surface area contributed by atoms with Crippen molar-refractivity contribution in [3.8, 4) is 0 Å². The zero-order valence-electron chi connectivity index (χ0n) is 10.9. The fraction of sp³-hybridized carbons (Fsp3) is 0.400.